The van der Waals surface area contributed by atoms with E-state index in [1.54, 1.807) is 13.8 Å². The fourth-order valence-corrected chi connectivity index (χ4v) is 1.33. The lowest BCUT2D eigenvalue weighted by Gasteiger charge is -2.19. The molecule has 1 N–H and O–H groups in total. The van der Waals surface area contributed by atoms with Crippen molar-refractivity contribution < 1.29 is 5.11 Å². The third-order valence-electron chi connectivity index (χ3n) is 1.62. The van der Waals surface area contributed by atoms with Crippen molar-refractivity contribution >= 4 is 11.8 Å². The number of thioether (sulfide) groups is 1. The lowest BCUT2D eigenvalue weighted by Crippen LogP contribution is -2.21. The number of aliphatic hydroxyl groups is 1. The summed E-state index contributed by atoms with van der Waals surface area (Å²) in [7, 11) is 0. The molecule has 0 saturated carbocycles. The molecule has 1 nitrogen and oxygen atoms in total. The molecule has 0 fully saturated rings. The zero-order chi connectivity index (χ0) is 8.91. The van der Waals surface area contributed by atoms with Crippen LogP contribution in [0.25, 0.3) is 0 Å². The van der Waals surface area contributed by atoms with E-state index in [0.717, 1.165) is 23.5 Å². The van der Waals surface area contributed by atoms with Crippen LogP contribution in [-0.4, -0.2) is 22.2 Å². The molecule has 0 bridgehead atoms. The van der Waals surface area contributed by atoms with Crippen molar-refractivity contribution in [3.05, 3.63) is 12.2 Å². The van der Waals surface area contributed by atoms with Gasteiger partial charge >= 0.3 is 0 Å². The van der Waals surface area contributed by atoms with Crippen LogP contribution in [0.5, 0.6) is 0 Å². The van der Waals surface area contributed by atoms with Crippen molar-refractivity contribution in [3.8, 4) is 0 Å². The first-order chi connectivity index (χ1) is 4.98. The Morgan fingerprint density at radius 2 is 2.09 bits per heavy atom. The molecule has 11 heavy (non-hydrogen) atoms. The van der Waals surface area contributed by atoms with E-state index in [9.17, 15) is 5.11 Å². The molecule has 0 spiro atoms. The average Bonchev–Trinajstić information content (AvgIpc) is 1.86. The largest absolute Gasteiger partial charge is 0.386 e. The molecule has 66 valence electrons. The van der Waals surface area contributed by atoms with Crippen LogP contribution in [0.1, 0.15) is 27.2 Å². The summed E-state index contributed by atoms with van der Waals surface area (Å²) in [4.78, 5) is 0. The van der Waals surface area contributed by atoms with Crippen molar-refractivity contribution in [1.29, 1.82) is 0 Å². The van der Waals surface area contributed by atoms with Crippen LogP contribution in [0, 0.1) is 0 Å². The molecule has 0 aromatic heterocycles. The molecule has 2 heteroatoms. The van der Waals surface area contributed by atoms with E-state index < -0.39 is 5.60 Å². The first-order valence-corrected chi connectivity index (χ1v) is 5.12. The van der Waals surface area contributed by atoms with E-state index in [2.05, 4.69) is 13.5 Å². The lowest BCUT2D eigenvalue weighted by molar-refractivity contribution is 0.117. The van der Waals surface area contributed by atoms with Crippen LogP contribution in [0.3, 0.4) is 0 Å². The normalized spacial score (nSPS) is 11.6. The van der Waals surface area contributed by atoms with Crippen LogP contribution < -0.4 is 0 Å². The molecule has 0 unspecified atom stereocenters. The van der Waals surface area contributed by atoms with Gasteiger partial charge in [0.15, 0.2) is 0 Å². The zero-order valence-electron chi connectivity index (χ0n) is 7.68. The molecule has 0 aliphatic heterocycles. The Labute approximate surface area is 73.9 Å². The molecule has 0 aliphatic rings. The smallest absolute Gasteiger partial charge is 0.0798 e. The van der Waals surface area contributed by atoms with E-state index in [0.29, 0.717) is 0 Å². The Morgan fingerprint density at radius 3 is 2.45 bits per heavy atom. The summed E-state index contributed by atoms with van der Waals surface area (Å²) < 4.78 is 0. The van der Waals surface area contributed by atoms with Crippen LogP contribution >= 0.6 is 11.8 Å². The predicted molar refractivity (Wildman–Crippen MR) is 53.1 cm³/mol. The highest BCUT2D eigenvalue weighted by atomic mass is 32.2. The summed E-state index contributed by atoms with van der Waals surface area (Å²) in [6.45, 7) is 9.54. The number of hydrogen-bond acceptors (Lipinski definition) is 2. The summed E-state index contributed by atoms with van der Waals surface area (Å²) >= 11 is 1.88. The van der Waals surface area contributed by atoms with Gasteiger partial charge < -0.3 is 5.11 Å². The standard InChI is InChI=1S/C9H18OS/c1-5-11-7-6-8(2)9(3,4)10/h10H,2,5-7H2,1,3-4H3. The van der Waals surface area contributed by atoms with E-state index in [1.165, 1.54) is 0 Å². The minimum atomic E-state index is -0.700. The second-order valence-corrected chi connectivity index (χ2v) is 4.50. The highest BCUT2D eigenvalue weighted by Gasteiger charge is 2.15. The maximum atomic E-state index is 9.48. The first kappa shape index (κ1) is 11.1. The van der Waals surface area contributed by atoms with Gasteiger partial charge in [0, 0.05) is 0 Å². The fraction of sp³-hybridized carbons (Fsp3) is 0.778. The first-order valence-electron chi connectivity index (χ1n) is 3.97. The second kappa shape index (κ2) is 4.83. The summed E-state index contributed by atoms with van der Waals surface area (Å²) in [5.41, 5.74) is 0.229. The minimum Gasteiger partial charge on any atom is -0.386 e. The Morgan fingerprint density at radius 1 is 1.55 bits per heavy atom. The monoisotopic (exact) mass is 174 g/mol. The Kier molecular flexibility index (Phi) is 4.86. The van der Waals surface area contributed by atoms with Gasteiger partial charge in [0.1, 0.15) is 0 Å². The van der Waals surface area contributed by atoms with Crippen molar-refractivity contribution in [2.24, 2.45) is 0 Å². The summed E-state index contributed by atoms with van der Waals surface area (Å²) in [5.74, 6) is 2.21. The Balaban J connectivity index is 3.54. The van der Waals surface area contributed by atoms with E-state index in [-0.39, 0.29) is 0 Å². The third-order valence-corrected chi connectivity index (χ3v) is 2.52. The van der Waals surface area contributed by atoms with Crippen LogP contribution in [0.2, 0.25) is 0 Å². The van der Waals surface area contributed by atoms with Gasteiger partial charge in [-0.05, 0) is 37.3 Å². The lowest BCUT2D eigenvalue weighted by atomic mass is 9.98. The molecular formula is C9H18OS. The molecule has 0 aromatic carbocycles. The quantitative estimate of drug-likeness (QED) is 0.510. The molecule has 0 heterocycles. The molecule has 0 radical (unpaired) electrons. The van der Waals surface area contributed by atoms with Gasteiger partial charge in [-0.25, -0.2) is 0 Å². The molecule has 0 aromatic rings. The van der Waals surface area contributed by atoms with Crippen molar-refractivity contribution in [2.75, 3.05) is 11.5 Å². The maximum Gasteiger partial charge on any atom is 0.0798 e. The fourth-order valence-electron chi connectivity index (χ4n) is 0.646. The maximum absolute atomic E-state index is 9.48. The van der Waals surface area contributed by atoms with Crippen molar-refractivity contribution in [1.82, 2.24) is 0 Å². The van der Waals surface area contributed by atoms with Gasteiger partial charge in [-0.15, -0.1) is 0 Å². The average molecular weight is 174 g/mol. The molecule has 0 saturated heterocycles. The van der Waals surface area contributed by atoms with Crippen LogP contribution in [0.15, 0.2) is 12.2 Å². The summed E-state index contributed by atoms with van der Waals surface area (Å²) in [6.07, 6.45) is 0.919. The molecule has 0 aliphatic carbocycles. The van der Waals surface area contributed by atoms with E-state index in [4.69, 9.17) is 0 Å². The summed E-state index contributed by atoms with van der Waals surface area (Å²) in [5, 5.41) is 9.48. The van der Waals surface area contributed by atoms with Gasteiger partial charge in [-0.3, -0.25) is 0 Å². The highest BCUT2D eigenvalue weighted by molar-refractivity contribution is 7.99. The summed E-state index contributed by atoms with van der Waals surface area (Å²) in [6, 6.07) is 0. The molecular weight excluding hydrogens is 156 g/mol. The molecule has 0 amide bonds. The molecule has 0 rings (SSSR count). The van der Waals surface area contributed by atoms with Crippen LogP contribution in [0.4, 0.5) is 0 Å². The number of hydrogen-bond donors (Lipinski definition) is 1. The third kappa shape index (κ3) is 5.33. The Bertz CT molecular complexity index is 124. The van der Waals surface area contributed by atoms with Gasteiger partial charge in [-0.1, -0.05) is 13.5 Å². The van der Waals surface area contributed by atoms with Gasteiger partial charge in [0.05, 0.1) is 5.60 Å². The van der Waals surface area contributed by atoms with Gasteiger partial charge in [-0.2, -0.15) is 11.8 Å². The zero-order valence-corrected chi connectivity index (χ0v) is 8.50. The van der Waals surface area contributed by atoms with E-state index >= 15 is 0 Å². The minimum absolute atomic E-state index is 0.700. The highest BCUT2D eigenvalue weighted by Crippen LogP contribution is 2.18. The number of rotatable bonds is 5. The van der Waals surface area contributed by atoms with Gasteiger partial charge in [0.25, 0.3) is 0 Å². The van der Waals surface area contributed by atoms with Crippen molar-refractivity contribution in [2.45, 2.75) is 32.8 Å². The van der Waals surface area contributed by atoms with Crippen LogP contribution in [-0.2, 0) is 0 Å². The predicted octanol–water partition coefficient (Wildman–Crippen LogP) is 2.46. The second-order valence-electron chi connectivity index (χ2n) is 3.11. The van der Waals surface area contributed by atoms with Gasteiger partial charge in [0.2, 0.25) is 0 Å². The SMILES string of the molecule is C=C(CCSCC)C(C)(C)O. The van der Waals surface area contributed by atoms with Crippen molar-refractivity contribution in [3.63, 3.8) is 0 Å². The Hall–Kier alpha value is 0.0500. The topological polar surface area (TPSA) is 20.2 Å². The molecule has 0 atom stereocenters. The van der Waals surface area contributed by atoms with E-state index in [1.807, 2.05) is 11.8 Å².